The molecule has 2 nitrogen and oxygen atoms in total. The molecular formula is C14H22ClFN2. The van der Waals surface area contributed by atoms with Gasteiger partial charge in [0.25, 0.3) is 0 Å². The van der Waals surface area contributed by atoms with Crippen LogP contribution in [0.15, 0.2) is 18.2 Å². The molecule has 0 amide bonds. The molecule has 1 unspecified atom stereocenters. The summed E-state index contributed by atoms with van der Waals surface area (Å²) in [6, 6.07) is 4.31. The van der Waals surface area contributed by atoms with Crippen LogP contribution in [-0.2, 0) is 0 Å². The van der Waals surface area contributed by atoms with Gasteiger partial charge in [0, 0.05) is 12.1 Å². The molecular weight excluding hydrogens is 251 g/mol. The minimum atomic E-state index is -0.301. The zero-order valence-corrected chi connectivity index (χ0v) is 12.0. The van der Waals surface area contributed by atoms with Gasteiger partial charge in [-0.1, -0.05) is 25.4 Å². The summed E-state index contributed by atoms with van der Waals surface area (Å²) in [5.74, 6) is 0.311. The SMILES string of the molecule is CC(C)CCC(C)(CN)Nc1cc(F)ccc1Cl. The van der Waals surface area contributed by atoms with Crippen molar-refractivity contribution in [2.75, 3.05) is 11.9 Å². The number of rotatable bonds is 6. The summed E-state index contributed by atoms with van der Waals surface area (Å²) in [6.07, 6.45) is 1.99. The molecule has 0 radical (unpaired) electrons. The quantitative estimate of drug-likeness (QED) is 0.820. The van der Waals surface area contributed by atoms with Crippen LogP contribution in [0, 0.1) is 11.7 Å². The third-order valence-corrected chi connectivity index (χ3v) is 3.42. The standard InChI is InChI=1S/C14H22ClFN2/c1-10(2)6-7-14(3,9-17)18-13-8-11(16)4-5-12(13)15/h4-5,8,10,18H,6-7,9,17H2,1-3H3. The summed E-state index contributed by atoms with van der Waals surface area (Å²) >= 11 is 6.05. The van der Waals surface area contributed by atoms with Gasteiger partial charge >= 0.3 is 0 Å². The highest BCUT2D eigenvalue weighted by Gasteiger charge is 2.23. The van der Waals surface area contributed by atoms with E-state index in [9.17, 15) is 4.39 Å². The first kappa shape index (κ1) is 15.3. The molecule has 1 aromatic carbocycles. The Hall–Kier alpha value is -0.800. The molecule has 0 aromatic heterocycles. The lowest BCUT2D eigenvalue weighted by atomic mass is 9.91. The van der Waals surface area contributed by atoms with E-state index in [0.29, 0.717) is 23.2 Å². The topological polar surface area (TPSA) is 38.0 Å². The molecule has 1 rings (SSSR count). The molecule has 0 saturated heterocycles. The molecule has 0 spiro atoms. The maximum Gasteiger partial charge on any atom is 0.125 e. The van der Waals surface area contributed by atoms with Crippen LogP contribution in [-0.4, -0.2) is 12.1 Å². The van der Waals surface area contributed by atoms with Gasteiger partial charge in [-0.3, -0.25) is 0 Å². The Bertz CT molecular complexity index is 395. The predicted octanol–water partition coefficient (Wildman–Crippen LogP) is 4.04. The number of nitrogens with two attached hydrogens (primary N) is 1. The molecule has 0 aliphatic heterocycles. The van der Waals surface area contributed by atoms with Crippen LogP contribution in [0.4, 0.5) is 10.1 Å². The van der Waals surface area contributed by atoms with E-state index in [4.69, 9.17) is 17.3 Å². The largest absolute Gasteiger partial charge is 0.377 e. The third-order valence-electron chi connectivity index (χ3n) is 3.09. The average molecular weight is 273 g/mol. The highest BCUT2D eigenvalue weighted by atomic mass is 35.5. The molecule has 18 heavy (non-hydrogen) atoms. The molecule has 0 heterocycles. The Morgan fingerprint density at radius 2 is 2.11 bits per heavy atom. The Kier molecular flexibility index (Phi) is 5.42. The number of nitrogens with one attached hydrogen (secondary N) is 1. The van der Waals surface area contributed by atoms with Gasteiger partial charge in [0.05, 0.1) is 10.7 Å². The van der Waals surface area contributed by atoms with Crippen LogP contribution in [0.5, 0.6) is 0 Å². The second-order valence-electron chi connectivity index (χ2n) is 5.45. The Morgan fingerprint density at radius 3 is 2.67 bits per heavy atom. The zero-order chi connectivity index (χ0) is 13.8. The first-order chi connectivity index (χ1) is 8.36. The first-order valence-electron chi connectivity index (χ1n) is 6.29. The lowest BCUT2D eigenvalue weighted by molar-refractivity contribution is 0.420. The Balaban J connectivity index is 2.80. The molecule has 1 aromatic rings. The average Bonchev–Trinajstić information content (AvgIpc) is 2.31. The maximum atomic E-state index is 13.2. The van der Waals surface area contributed by atoms with Gasteiger partial charge in [0.15, 0.2) is 0 Å². The fourth-order valence-corrected chi connectivity index (χ4v) is 1.91. The van der Waals surface area contributed by atoms with Crippen molar-refractivity contribution in [3.63, 3.8) is 0 Å². The molecule has 3 N–H and O–H groups in total. The molecule has 1 atom stereocenters. The summed E-state index contributed by atoms with van der Waals surface area (Å²) < 4.78 is 13.2. The van der Waals surface area contributed by atoms with Gasteiger partial charge < -0.3 is 11.1 Å². The molecule has 0 aliphatic rings. The van der Waals surface area contributed by atoms with Crippen molar-refractivity contribution in [1.29, 1.82) is 0 Å². The Labute approximate surface area is 114 Å². The third kappa shape index (κ3) is 4.46. The van der Waals surface area contributed by atoms with Crippen LogP contribution >= 0.6 is 11.6 Å². The summed E-state index contributed by atoms with van der Waals surface area (Å²) in [6.45, 7) is 6.86. The minimum absolute atomic E-state index is 0.262. The molecule has 0 bridgehead atoms. The van der Waals surface area contributed by atoms with Gasteiger partial charge in [0.1, 0.15) is 5.82 Å². The monoisotopic (exact) mass is 272 g/mol. The summed E-state index contributed by atoms with van der Waals surface area (Å²) in [7, 11) is 0. The summed E-state index contributed by atoms with van der Waals surface area (Å²) in [4.78, 5) is 0. The van der Waals surface area contributed by atoms with E-state index in [1.165, 1.54) is 12.1 Å². The van der Waals surface area contributed by atoms with Gasteiger partial charge in [-0.05, 0) is 43.9 Å². The predicted molar refractivity (Wildman–Crippen MR) is 76.6 cm³/mol. The minimum Gasteiger partial charge on any atom is -0.377 e. The molecule has 0 fully saturated rings. The normalized spacial score (nSPS) is 14.6. The highest BCUT2D eigenvalue weighted by Crippen LogP contribution is 2.28. The second-order valence-corrected chi connectivity index (χ2v) is 5.85. The molecule has 0 aliphatic carbocycles. The zero-order valence-electron chi connectivity index (χ0n) is 11.3. The van der Waals surface area contributed by atoms with E-state index >= 15 is 0 Å². The maximum absolute atomic E-state index is 13.2. The van der Waals surface area contributed by atoms with E-state index in [2.05, 4.69) is 19.2 Å². The molecule has 102 valence electrons. The second kappa shape index (κ2) is 6.39. The van der Waals surface area contributed by atoms with Crippen molar-refractivity contribution in [3.8, 4) is 0 Å². The van der Waals surface area contributed by atoms with Crippen LogP contribution in [0.1, 0.15) is 33.6 Å². The summed E-state index contributed by atoms with van der Waals surface area (Å²) in [5.41, 5.74) is 6.17. The van der Waals surface area contributed by atoms with Crippen LogP contribution in [0.25, 0.3) is 0 Å². The molecule has 0 saturated carbocycles. The van der Waals surface area contributed by atoms with Crippen molar-refractivity contribution in [3.05, 3.63) is 29.0 Å². The smallest absolute Gasteiger partial charge is 0.125 e. The number of hydrogen-bond acceptors (Lipinski definition) is 2. The fraction of sp³-hybridized carbons (Fsp3) is 0.571. The van der Waals surface area contributed by atoms with Gasteiger partial charge in [0.2, 0.25) is 0 Å². The lowest BCUT2D eigenvalue weighted by Crippen LogP contribution is -2.42. The van der Waals surface area contributed by atoms with Crippen LogP contribution < -0.4 is 11.1 Å². The number of anilines is 1. The van der Waals surface area contributed by atoms with E-state index in [1.807, 2.05) is 6.92 Å². The van der Waals surface area contributed by atoms with Crippen molar-refractivity contribution in [2.45, 2.75) is 39.2 Å². The van der Waals surface area contributed by atoms with Crippen LogP contribution in [0.2, 0.25) is 5.02 Å². The summed E-state index contributed by atoms with van der Waals surface area (Å²) in [5, 5.41) is 3.79. The van der Waals surface area contributed by atoms with E-state index in [1.54, 1.807) is 6.07 Å². The first-order valence-corrected chi connectivity index (χ1v) is 6.67. The van der Waals surface area contributed by atoms with Crippen molar-refractivity contribution >= 4 is 17.3 Å². The van der Waals surface area contributed by atoms with E-state index in [0.717, 1.165) is 12.8 Å². The van der Waals surface area contributed by atoms with Gasteiger partial charge in [-0.2, -0.15) is 0 Å². The van der Waals surface area contributed by atoms with Gasteiger partial charge in [-0.25, -0.2) is 4.39 Å². The van der Waals surface area contributed by atoms with Crippen molar-refractivity contribution in [2.24, 2.45) is 11.7 Å². The highest BCUT2D eigenvalue weighted by molar-refractivity contribution is 6.33. The van der Waals surface area contributed by atoms with E-state index in [-0.39, 0.29) is 11.4 Å². The van der Waals surface area contributed by atoms with Crippen LogP contribution in [0.3, 0.4) is 0 Å². The fourth-order valence-electron chi connectivity index (χ4n) is 1.74. The number of halogens is 2. The number of benzene rings is 1. The lowest BCUT2D eigenvalue weighted by Gasteiger charge is -2.31. The van der Waals surface area contributed by atoms with E-state index < -0.39 is 0 Å². The van der Waals surface area contributed by atoms with Crippen molar-refractivity contribution < 1.29 is 4.39 Å². The van der Waals surface area contributed by atoms with Crippen molar-refractivity contribution in [1.82, 2.24) is 0 Å². The number of hydrogen-bond donors (Lipinski definition) is 2. The Morgan fingerprint density at radius 1 is 1.44 bits per heavy atom. The molecule has 4 heteroatoms. The van der Waals surface area contributed by atoms with Gasteiger partial charge in [-0.15, -0.1) is 0 Å².